The Morgan fingerprint density at radius 1 is 1.13 bits per heavy atom. The summed E-state index contributed by atoms with van der Waals surface area (Å²) in [5.74, 6) is -0.350. The number of thioether (sulfide) groups is 1. The SMILES string of the molecule is Cn1c(=O)[nH]c2ccc(C3(C)SC(=NC[C@@H](N)Cc4ccc(C(F)(F)F)cc4)NC3c3ccccc3F)cc21. The Morgan fingerprint density at radius 3 is 2.54 bits per heavy atom. The number of hydrogen-bond donors (Lipinski definition) is 3. The van der Waals surface area contributed by atoms with Crippen LogP contribution < -0.4 is 16.7 Å². The summed E-state index contributed by atoms with van der Waals surface area (Å²) in [6.07, 6.45) is -4.04. The van der Waals surface area contributed by atoms with Gasteiger partial charge in [-0.3, -0.25) is 9.56 Å². The Kier molecular flexibility index (Phi) is 7.06. The standard InChI is InChI=1S/C28H27F4N5OS/c1-27(18-11-12-22-23(14-18)37(2)26(38)35-22)24(20-5-3-4-6-21(20)29)36-25(39-27)34-15-19(33)13-16-7-9-17(10-8-16)28(30,31)32/h3-12,14,19,24H,13,15,33H2,1-2H3,(H,34,36)(H,35,38)/t19-,24?,27?/m0/s1. The van der Waals surface area contributed by atoms with Gasteiger partial charge in [-0.2, -0.15) is 13.2 Å². The van der Waals surface area contributed by atoms with Crippen molar-refractivity contribution in [2.24, 2.45) is 17.8 Å². The van der Waals surface area contributed by atoms with E-state index in [4.69, 9.17) is 5.73 Å². The number of nitrogens with zero attached hydrogens (tertiary/aromatic N) is 2. The third-order valence-corrected chi connectivity index (χ3v) is 8.41. The van der Waals surface area contributed by atoms with Crippen LogP contribution in [0, 0.1) is 5.82 Å². The van der Waals surface area contributed by atoms with Crippen LogP contribution in [0.2, 0.25) is 0 Å². The molecular formula is C28H27F4N5OS. The lowest BCUT2D eigenvalue weighted by Crippen LogP contribution is -2.31. The van der Waals surface area contributed by atoms with Gasteiger partial charge in [-0.15, -0.1) is 0 Å². The van der Waals surface area contributed by atoms with Gasteiger partial charge in [-0.05, 0) is 54.8 Å². The number of aromatic nitrogens is 2. The summed E-state index contributed by atoms with van der Waals surface area (Å²) < 4.78 is 54.4. The van der Waals surface area contributed by atoms with E-state index in [1.54, 1.807) is 25.2 Å². The predicted octanol–water partition coefficient (Wildman–Crippen LogP) is 5.24. The molecule has 2 unspecified atom stereocenters. The molecule has 0 radical (unpaired) electrons. The van der Waals surface area contributed by atoms with Gasteiger partial charge in [0.25, 0.3) is 0 Å². The Bertz CT molecular complexity index is 1590. The lowest BCUT2D eigenvalue weighted by molar-refractivity contribution is -0.137. The monoisotopic (exact) mass is 557 g/mol. The maximum absolute atomic E-state index is 15.0. The molecule has 3 atom stereocenters. The maximum Gasteiger partial charge on any atom is 0.416 e. The molecule has 0 aliphatic carbocycles. The second kappa shape index (κ2) is 10.2. The highest BCUT2D eigenvalue weighted by Gasteiger charge is 2.46. The van der Waals surface area contributed by atoms with Crippen molar-refractivity contribution in [3.63, 3.8) is 0 Å². The van der Waals surface area contributed by atoms with E-state index >= 15 is 0 Å². The van der Waals surface area contributed by atoms with Crippen molar-refractivity contribution in [1.82, 2.24) is 14.9 Å². The van der Waals surface area contributed by atoms with E-state index in [9.17, 15) is 22.4 Å². The van der Waals surface area contributed by atoms with Crippen LogP contribution in [0.15, 0.2) is 76.5 Å². The van der Waals surface area contributed by atoms with Gasteiger partial charge in [0.05, 0.1) is 33.9 Å². The second-order valence-electron chi connectivity index (χ2n) is 9.83. The molecule has 0 saturated carbocycles. The normalized spacial score (nSPS) is 21.4. The number of alkyl halides is 3. The molecule has 6 nitrogen and oxygen atoms in total. The van der Waals surface area contributed by atoms with Crippen molar-refractivity contribution >= 4 is 28.0 Å². The van der Waals surface area contributed by atoms with E-state index in [1.165, 1.54) is 34.5 Å². The number of amidine groups is 1. The molecule has 3 aromatic carbocycles. The quantitative estimate of drug-likeness (QED) is 0.283. The maximum atomic E-state index is 15.0. The van der Waals surface area contributed by atoms with E-state index in [0.29, 0.717) is 28.2 Å². The molecular weight excluding hydrogens is 530 g/mol. The highest BCUT2D eigenvalue weighted by Crippen LogP contribution is 2.52. The molecule has 0 spiro atoms. The molecule has 0 bridgehead atoms. The second-order valence-corrected chi connectivity index (χ2v) is 11.3. The molecule has 1 aliphatic heterocycles. The molecule has 39 heavy (non-hydrogen) atoms. The van der Waals surface area contributed by atoms with Crippen LogP contribution in [0.3, 0.4) is 0 Å². The van der Waals surface area contributed by atoms with Gasteiger partial charge >= 0.3 is 11.9 Å². The Hall–Kier alpha value is -3.57. The van der Waals surface area contributed by atoms with Crippen molar-refractivity contribution in [3.8, 4) is 0 Å². The van der Waals surface area contributed by atoms with Crippen LogP contribution in [0.4, 0.5) is 17.6 Å². The Morgan fingerprint density at radius 2 is 1.85 bits per heavy atom. The zero-order valence-electron chi connectivity index (χ0n) is 21.2. The first kappa shape index (κ1) is 27.0. The van der Waals surface area contributed by atoms with Crippen LogP contribution in [0.25, 0.3) is 11.0 Å². The lowest BCUT2D eigenvalue weighted by atomic mass is 9.87. The lowest BCUT2D eigenvalue weighted by Gasteiger charge is -2.30. The molecule has 2 heterocycles. The average molecular weight is 558 g/mol. The number of aliphatic imine (C=N–C) groups is 1. The highest BCUT2D eigenvalue weighted by molar-refractivity contribution is 8.15. The van der Waals surface area contributed by atoms with E-state index in [2.05, 4.69) is 15.3 Å². The number of imidazole rings is 1. The summed E-state index contributed by atoms with van der Waals surface area (Å²) in [5, 5.41) is 3.94. The number of H-pyrrole nitrogens is 1. The van der Waals surface area contributed by atoms with Gasteiger partial charge < -0.3 is 16.0 Å². The van der Waals surface area contributed by atoms with Crippen molar-refractivity contribution < 1.29 is 17.6 Å². The molecule has 0 amide bonds. The first-order chi connectivity index (χ1) is 18.5. The molecule has 4 aromatic rings. The van der Waals surface area contributed by atoms with Crippen molar-refractivity contribution in [1.29, 1.82) is 0 Å². The van der Waals surface area contributed by atoms with Gasteiger partial charge in [0, 0.05) is 18.7 Å². The van der Waals surface area contributed by atoms with Crippen LogP contribution in [-0.4, -0.2) is 27.3 Å². The average Bonchev–Trinajstić information content (AvgIpc) is 3.38. The first-order valence-electron chi connectivity index (χ1n) is 12.3. The zero-order chi connectivity index (χ0) is 27.9. The summed E-state index contributed by atoms with van der Waals surface area (Å²) in [7, 11) is 1.69. The van der Waals surface area contributed by atoms with Crippen LogP contribution >= 0.6 is 11.8 Å². The summed E-state index contributed by atoms with van der Waals surface area (Å²) >= 11 is 1.45. The third kappa shape index (κ3) is 5.33. The molecule has 204 valence electrons. The molecule has 11 heteroatoms. The molecule has 1 aliphatic rings. The van der Waals surface area contributed by atoms with Gasteiger partial charge in [-0.25, -0.2) is 9.18 Å². The summed E-state index contributed by atoms with van der Waals surface area (Å²) in [6.45, 7) is 2.22. The largest absolute Gasteiger partial charge is 0.416 e. The van der Waals surface area contributed by atoms with Crippen molar-refractivity contribution in [2.75, 3.05) is 6.54 Å². The van der Waals surface area contributed by atoms with E-state index < -0.39 is 28.6 Å². The van der Waals surface area contributed by atoms with E-state index in [1.807, 2.05) is 25.1 Å². The van der Waals surface area contributed by atoms with Crippen molar-refractivity contribution in [2.45, 2.75) is 36.4 Å². The molecule has 4 N–H and O–H groups in total. The molecule has 1 aromatic heterocycles. The zero-order valence-corrected chi connectivity index (χ0v) is 22.0. The van der Waals surface area contributed by atoms with Crippen LogP contribution in [0.1, 0.15) is 35.2 Å². The number of rotatable bonds is 6. The van der Waals surface area contributed by atoms with E-state index in [0.717, 1.165) is 23.2 Å². The van der Waals surface area contributed by atoms with Crippen LogP contribution in [-0.2, 0) is 24.4 Å². The number of benzene rings is 3. The first-order valence-corrected chi connectivity index (χ1v) is 13.1. The smallest absolute Gasteiger partial charge is 0.356 e. The Labute approximate surface area is 226 Å². The fourth-order valence-corrected chi connectivity index (χ4v) is 6.13. The Balaban J connectivity index is 1.41. The summed E-state index contributed by atoms with van der Waals surface area (Å²) in [6, 6.07) is 16.3. The highest BCUT2D eigenvalue weighted by atomic mass is 32.2. The minimum Gasteiger partial charge on any atom is -0.356 e. The number of fused-ring (bicyclic) bond motifs is 1. The number of nitrogens with one attached hydrogen (secondary N) is 2. The van der Waals surface area contributed by atoms with Gasteiger partial charge in [-0.1, -0.05) is 48.2 Å². The molecule has 1 fully saturated rings. The summed E-state index contributed by atoms with van der Waals surface area (Å²) in [4.78, 5) is 19.6. The molecule has 1 saturated heterocycles. The third-order valence-electron chi connectivity index (χ3n) is 7.07. The van der Waals surface area contributed by atoms with E-state index in [-0.39, 0.29) is 18.1 Å². The van der Waals surface area contributed by atoms with Crippen LogP contribution in [0.5, 0.6) is 0 Å². The fraction of sp³-hybridized carbons (Fsp3) is 0.286. The number of nitrogens with two attached hydrogens (primary N) is 1. The minimum absolute atomic E-state index is 0.223. The van der Waals surface area contributed by atoms with Gasteiger partial charge in [0.1, 0.15) is 5.82 Å². The number of aromatic amines is 1. The van der Waals surface area contributed by atoms with Crippen molar-refractivity contribution in [3.05, 3.63) is 105 Å². The minimum atomic E-state index is -4.39. The number of hydrogen-bond acceptors (Lipinski definition) is 4. The molecule has 5 rings (SSSR count). The topological polar surface area (TPSA) is 88.2 Å². The number of halogens is 4. The number of aryl methyl sites for hydroxylation is 1. The predicted molar refractivity (Wildman–Crippen MR) is 146 cm³/mol. The van der Waals surface area contributed by atoms with Gasteiger partial charge in [0.2, 0.25) is 0 Å². The summed E-state index contributed by atoms with van der Waals surface area (Å²) in [5.41, 5.74) is 8.83. The van der Waals surface area contributed by atoms with Gasteiger partial charge in [0.15, 0.2) is 5.17 Å². The fourth-order valence-electron chi connectivity index (χ4n) is 4.87.